The molecular weight excluding hydrogens is 313 g/mol. The van der Waals surface area contributed by atoms with Crippen LogP contribution in [0.2, 0.25) is 10.0 Å². The van der Waals surface area contributed by atoms with E-state index in [2.05, 4.69) is 15.8 Å². The molecule has 0 aliphatic heterocycles. The first-order valence-corrected chi connectivity index (χ1v) is 6.92. The molecule has 0 heterocycles. The minimum absolute atomic E-state index is 0.371. The van der Waals surface area contributed by atoms with Gasteiger partial charge in [-0.15, -0.1) is 0 Å². The standard InChI is InChI=1S/C14H11Cl2N3S/c15-11-5-3-6-12(8-11)18-14(20)19-17-9-10-4-1-2-7-13(10)16/h1-9H,(H2,18,19,20)/b17-9+. The molecule has 0 aliphatic rings. The Morgan fingerprint density at radius 1 is 1.10 bits per heavy atom. The molecule has 2 aromatic rings. The summed E-state index contributed by atoms with van der Waals surface area (Å²) in [6.45, 7) is 0. The number of hydrogen-bond acceptors (Lipinski definition) is 2. The van der Waals surface area contributed by atoms with Gasteiger partial charge in [0.15, 0.2) is 5.11 Å². The van der Waals surface area contributed by atoms with E-state index >= 15 is 0 Å². The molecular formula is C14H11Cl2N3S. The number of nitrogens with one attached hydrogen (secondary N) is 2. The lowest BCUT2D eigenvalue weighted by atomic mass is 10.2. The molecule has 0 radical (unpaired) electrons. The van der Waals surface area contributed by atoms with E-state index in [0.29, 0.717) is 15.2 Å². The van der Waals surface area contributed by atoms with Crippen molar-refractivity contribution in [2.24, 2.45) is 5.10 Å². The van der Waals surface area contributed by atoms with E-state index in [0.717, 1.165) is 11.3 Å². The molecule has 2 aromatic carbocycles. The molecule has 0 amide bonds. The first-order chi connectivity index (χ1) is 9.65. The number of benzene rings is 2. The molecule has 0 fully saturated rings. The van der Waals surface area contributed by atoms with Crippen LogP contribution in [0.3, 0.4) is 0 Å². The minimum atomic E-state index is 0.371. The summed E-state index contributed by atoms with van der Waals surface area (Å²) < 4.78 is 0. The van der Waals surface area contributed by atoms with Gasteiger partial charge in [0.05, 0.1) is 6.21 Å². The maximum Gasteiger partial charge on any atom is 0.191 e. The molecule has 0 bridgehead atoms. The number of thiocarbonyl (C=S) groups is 1. The molecule has 2 rings (SSSR count). The third-order valence-corrected chi connectivity index (χ3v) is 3.13. The van der Waals surface area contributed by atoms with Gasteiger partial charge in [-0.1, -0.05) is 47.5 Å². The smallest absolute Gasteiger partial charge is 0.191 e. The van der Waals surface area contributed by atoms with Gasteiger partial charge in [0.2, 0.25) is 0 Å². The molecule has 0 saturated heterocycles. The third-order valence-electron chi connectivity index (χ3n) is 2.36. The van der Waals surface area contributed by atoms with Crippen LogP contribution in [0.15, 0.2) is 53.6 Å². The zero-order valence-electron chi connectivity index (χ0n) is 10.3. The second kappa shape index (κ2) is 7.24. The number of hydrogen-bond donors (Lipinski definition) is 2. The Labute approximate surface area is 132 Å². The van der Waals surface area contributed by atoms with E-state index < -0.39 is 0 Å². The largest absolute Gasteiger partial charge is 0.331 e. The quantitative estimate of drug-likeness (QED) is 0.502. The van der Waals surface area contributed by atoms with Crippen molar-refractivity contribution in [1.82, 2.24) is 5.43 Å². The van der Waals surface area contributed by atoms with Gasteiger partial charge in [-0.25, -0.2) is 0 Å². The lowest BCUT2D eigenvalue weighted by molar-refractivity contribution is 1.05. The maximum absolute atomic E-state index is 6.00. The molecule has 2 N–H and O–H groups in total. The normalized spacial score (nSPS) is 10.5. The summed E-state index contributed by atoms with van der Waals surface area (Å²) in [6.07, 6.45) is 1.61. The minimum Gasteiger partial charge on any atom is -0.331 e. The lowest BCUT2D eigenvalue weighted by Gasteiger charge is -2.07. The van der Waals surface area contributed by atoms with Crippen LogP contribution in [-0.2, 0) is 0 Å². The summed E-state index contributed by atoms with van der Waals surface area (Å²) in [7, 11) is 0. The number of rotatable bonds is 3. The highest BCUT2D eigenvalue weighted by molar-refractivity contribution is 7.80. The molecule has 6 heteroatoms. The van der Waals surface area contributed by atoms with Crippen LogP contribution >= 0.6 is 35.4 Å². The molecule has 0 aromatic heterocycles. The van der Waals surface area contributed by atoms with Gasteiger partial charge in [0.1, 0.15) is 0 Å². The third kappa shape index (κ3) is 4.49. The fourth-order valence-corrected chi connectivity index (χ4v) is 2.01. The van der Waals surface area contributed by atoms with Crippen molar-refractivity contribution in [3.63, 3.8) is 0 Å². The molecule has 0 spiro atoms. The summed E-state index contributed by atoms with van der Waals surface area (Å²) in [5, 5.41) is 8.64. The molecule has 0 unspecified atom stereocenters. The highest BCUT2D eigenvalue weighted by Gasteiger charge is 1.97. The Bertz CT molecular complexity index is 644. The van der Waals surface area contributed by atoms with Crippen LogP contribution < -0.4 is 10.7 Å². The SMILES string of the molecule is S=C(N/N=C/c1ccccc1Cl)Nc1cccc(Cl)c1. The second-order valence-electron chi connectivity index (χ2n) is 3.86. The van der Waals surface area contributed by atoms with Crippen LogP contribution in [0.25, 0.3) is 0 Å². The highest BCUT2D eigenvalue weighted by atomic mass is 35.5. The van der Waals surface area contributed by atoms with Gasteiger partial charge in [-0.2, -0.15) is 5.10 Å². The van der Waals surface area contributed by atoms with E-state index in [1.807, 2.05) is 30.3 Å². The van der Waals surface area contributed by atoms with Crippen molar-refractivity contribution in [3.05, 3.63) is 64.1 Å². The Morgan fingerprint density at radius 2 is 1.90 bits per heavy atom. The predicted molar refractivity (Wildman–Crippen MR) is 89.9 cm³/mol. The molecule has 0 saturated carbocycles. The molecule has 3 nitrogen and oxygen atoms in total. The topological polar surface area (TPSA) is 36.4 Å². The van der Waals surface area contributed by atoms with Crippen LogP contribution in [-0.4, -0.2) is 11.3 Å². The van der Waals surface area contributed by atoms with Crippen molar-refractivity contribution >= 4 is 52.4 Å². The van der Waals surface area contributed by atoms with Gasteiger partial charge >= 0.3 is 0 Å². The number of anilines is 1. The Balaban J connectivity index is 1.91. The van der Waals surface area contributed by atoms with Crippen molar-refractivity contribution in [3.8, 4) is 0 Å². The Hall–Kier alpha value is -1.62. The zero-order chi connectivity index (χ0) is 14.4. The van der Waals surface area contributed by atoms with Gasteiger partial charge in [-0.3, -0.25) is 5.43 Å². The molecule has 0 atom stereocenters. The first-order valence-electron chi connectivity index (χ1n) is 5.75. The van der Waals surface area contributed by atoms with Gasteiger partial charge < -0.3 is 5.32 Å². The average Bonchev–Trinajstić information content (AvgIpc) is 2.41. The molecule has 0 aliphatic carbocycles. The van der Waals surface area contributed by atoms with E-state index in [4.69, 9.17) is 35.4 Å². The van der Waals surface area contributed by atoms with Gasteiger partial charge in [0, 0.05) is 21.3 Å². The maximum atomic E-state index is 6.00. The average molecular weight is 324 g/mol. The van der Waals surface area contributed by atoms with Crippen LogP contribution in [0.4, 0.5) is 5.69 Å². The van der Waals surface area contributed by atoms with Crippen LogP contribution in [0.1, 0.15) is 5.56 Å². The number of nitrogens with zero attached hydrogens (tertiary/aromatic N) is 1. The van der Waals surface area contributed by atoms with Gasteiger partial charge in [-0.05, 0) is 36.5 Å². The fraction of sp³-hybridized carbons (Fsp3) is 0. The van der Waals surface area contributed by atoms with E-state index in [-0.39, 0.29) is 0 Å². The Morgan fingerprint density at radius 3 is 2.65 bits per heavy atom. The number of halogens is 2. The zero-order valence-corrected chi connectivity index (χ0v) is 12.6. The first kappa shape index (κ1) is 14.8. The van der Waals surface area contributed by atoms with Gasteiger partial charge in [0.25, 0.3) is 0 Å². The highest BCUT2D eigenvalue weighted by Crippen LogP contribution is 2.14. The Kier molecular flexibility index (Phi) is 5.35. The van der Waals surface area contributed by atoms with E-state index in [9.17, 15) is 0 Å². The molecule has 102 valence electrons. The lowest BCUT2D eigenvalue weighted by Crippen LogP contribution is -2.23. The number of hydrazone groups is 1. The van der Waals surface area contributed by atoms with Crippen molar-refractivity contribution in [2.45, 2.75) is 0 Å². The van der Waals surface area contributed by atoms with Crippen LogP contribution in [0, 0.1) is 0 Å². The van der Waals surface area contributed by atoms with Crippen LogP contribution in [0.5, 0.6) is 0 Å². The van der Waals surface area contributed by atoms with Crippen molar-refractivity contribution < 1.29 is 0 Å². The summed E-state index contributed by atoms with van der Waals surface area (Å²) in [5.41, 5.74) is 4.32. The monoisotopic (exact) mass is 323 g/mol. The summed E-state index contributed by atoms with van der Waals surface area (Å²) in [4.78, 5) is 0. The van der Waals surface area contributed by atoms with E-state index in [1.54, 1.807) is 24.4 Å². The van der Waals surface area contributed by atoms with Crippen molar-refractivity contribution in [1.29, 1.82) is 0 Å². The second-order valence-corrected chi connectivity index (χ2v) is 5.11. The van der Waals surface area contributed by atoms with Crippen molar-refractivity contribution in [2.75, 3.05) is 5.32 Å². The predicted octanol–water partition coefficient (Wildman–Crippen LogP) is 4.31. The summed E-state index contributed by atoms with van der Waals surface area (Å²) in [6, 6.07) is 14.7. The fourth-order valence-electron chi connectivity index (χ4n) is 1.47. The summed E-state index contributed by atoms with van der Waals surface area (Å²) >= 11 is 17.0. The molecule has 20 heavy (non-hydrogen) atoms. The summed E-state index contributed by atoms with van der Waals surface area (Å²) in [5.74, 6) is 0. The van der Waals surface area contributed by atoms with E-state index in [1.165, 1.54) is 0 Å².